The first kappa shape index (κ1) is 27.8. The van der Waals surface area contributed by atoms with Gasteiger partial charge in [0.05, 0.1) is 16.2 Å². The van der Waals surface area contributed by atoms with E-state index < -0.39 is 33.5 Å². The van der Waals surface area contributed by atoms with Gasteiger partial charge < -0.3 is 9.40 Å². The quantitative estimate of drug-likeness (QED) is 0.118. The summed E-state index contributed by atoms with van der Waals surface area (Å²) in [5.41, 5.74) is 0.0991. The molecule has 0 aliphatic carbocycles. The molecule has 0 N–H and O–H groups in total. The number of benzene rings is 3. The Labute approximate surface area is 222 Å². The molecule has 0 saturated carbocycles. The number of carbonyl (C=O) groups excluding carboxylic acids is 1. The SMILES string of the molecule is Cc1ccc(C(=O)O/N=C(\c2cc(-c3ccc(S(C)(=O)=O)cc3)n(-c3ccc(F)cc3)c2C)C(F)(F)F)cc1. The van der Waals surface area contributed by atoms with Gasteiger partial charge in [-0.1, -0.05) is 35.0 Å². The minimum absolute atomic E-state index is 0.0261. The first-order valence-corrected chi connectivity index (χ1v) is 13.4. The molecule has 11 heteroatoms. The number of sulfone groups is 1. The van der Waals surface area contributed by atoms with Crippen LogP contribution in [-0.2, 0) is 14.7 Å². The van der Waals surface area contributed by atoms with Crippen LogP contribution in [0.5, 0.6) is 0 Å². The van der Waals surface area contributed by atoms with E-state index in [2.05, 4.69) is 5.16 Å². The zero-order chi connectivity index (χ0) is 28.5. The van der Waals surface area contributed by atoms with Crippen molar-refractivity contribution < 1.29 is 35.6 Å². The molecule has 4 rings (SSSR count). The molecular formula is C28H22F4N2O4S. The van der Waals surface area contributed by atoms with Crippen molar-refractivity contribution in [3.8, 4) is 16.9 Å². The van der Waals surface area contributed by atoms with Crippen molar-refractivity contribution in [3.05, 3.63) is 107 Å². The van der Waals surface area contributed by atoms with Crippen LogP contribution < -0.4 is 0 Å². The van der Waals surface area contributed by atoms with Gasteiger partial charge in [-0.25, -0.2) is 17.6 Å². The number of nitrogens with zero attached hydrogens (tertiary/aromatic N) is 2. The van der Waals surface area contributed by atoms with Crippen LogP contribution >= 0.6 is 0 Å². The predicted octanol–water partition coefficient (Wildman–Crippen LogP) is 6.43. The Kier molecular flexibility index (Phi) is 7.47. The van der Waals surface area contributed by atoms with Crippen LogP contribution in [0.1, 0.15) is 27.2 Å². The van der Waals surface area contributed by atoms with Gasteiger partial charge in [-0.3, -0.25) is 0 Å². The van der Waals surface area contributed by atoms with E-state index in [1.165, 1.54) is 66.1 Å². The standard InChI is InChI=1S/C28H22F4N2O4S/c1-17-4-6-20(7-5-17)27(35)38-33-26(28(30,31)32)24-16-25(19-8-14-23(15-9-19)39(3,36)37)34(18(24)2)22-12-10-21(29)11-13-22/h4-16H,1-3H3/b33-26+. The third-order valence-electron chi connectivity index (χ3n) is 5.94. The molecule has 0 bridgehead atoms. The molecular weight excluding hydrogens is 536 g/mol. The summed E-state index contributed by atoms with van der Waals surface area (Å²) in [6.45, 7) is 3.20. The fourth-order valence-corrected chi connectivity index (χ4v) is 4.57. The number of aromatic nitrogens is 1. The van der Waals surface area contributed by atoms with Crippen molar-refractivity contribution in [1.82, 2.24) is 4.57 Å². The molecule has 0 fully saturated rings. The summed E-state index contributed by atoms with van der Waals surface area (Å²) in [6.07, 6.45) is -3.97. The van der Waals surface area contributed by atoms with Crippen molar-refractivity contribution in [2.24, 2.45) is 5.16 Å². The van der Waals surface area contributed by atoms with Gasteiger partial charge in [0.2, 0.25) is 0 Å². The third kappa shape index (κ3) is 6.09. The summed E-state index contributed by atoms with van der Waals surface area (Å²) in [4.78, 5) is 17.1. The van der Waals surface area contributed by atoms with Gasteiger partial charge in [-0.05, 0) is 74.0 Å². The molecule has 0 atom stereocenters. The van der Waals surface area contributed by atoms with Crippen LogP contribution in [0.2, 0.25) is 0 Å². The van der Waals surface area contributed by atoms with Gasteiger partial charge in [0.25, 0.3) is 0 Å². The first-order chi connectivity index (χ1) is 18.3. The van der Waals surface area contributed by atoms with E-state index in [9.17, 15) is 30.8 Å². The van der Waals surface area contributed by atoms with Crippen molar-refractivity contribution >= 4 is 21.5 Å². The average Bonchev–Trinajstić information content (AvgIpc) is 3.20. The highest BCUT2D eigenvalue weighted by atomic mass is 32.2. The number of rotatable bonds is 6. The molecule has 39 heavy (non-hydrogen) atoms. The lowest BCUT2D eigenvalue weighted by Gasteiger charge is -2.14. The van der Waals surface area contributed by atoms with Crippen LogP contribution in [0.4, 0.5) is 17.6 Å². The van der Waals surface area contributed by atoms with E-state index in [1.807, 2.05) is 0 Å². The van der Waals surface area contributed by atoms with E-state index in [4.69, 9.17) is 4.84 Å². The zero-order valence-corrected chi connectivity index (χ0v) is 21.8. The van der Waals surface area contributed by atoms with Gasteiger partial charge in [-0.2, -0.15) is 13.2 Å². The van der Waals surface area contributed by atoms with E-state index in [1.54, 1.807) is 19.1 Å². The number of aryl methyl sites for hydroxylation is 1. The molecule has 0 unspecified atom stereocenters. The molecule has 1 aromatic heterocycles. The normalized spacial score (nSPS) is 12.4. The van der Waals surface area contributed by atoms with Crippen LogP contribution in [0.3, 0.4) is 0 Å². The Morgan fingerprint density at radius 1 is 0.897 bits per heavy atom. The monoisotopic (exact) mass is 558 g/mol. The molecule has 0 radical (unpaired) electrons. The topological polar surface area (TPSA) is 77.7 Å². The highest BCUT2D eigenvalue weighted by Crippen LogP contribution is 2.34. The van der Waals surface area contributed by atoms with Crippen molar-refractivity contribution in [1.29, 1.82) is 0 Å². The molecule has 4 aromatic rings. The minimum Gasteiger partial charge on any atom is -0.313 e. The number of carbonyl (C=O) groups is 1. The summed E-state index contributed by atoms with van der Waals surface area (Å²) in [5, 5.41) is 3.22. The van der Waals surface area contributed by atoms with Crippen molar-refractivity contribution in [2.45, 2.75) is 24.9 Å². The molecule has 0 aliphatic rings. The summed E-state index contributed by atoms with van der Waals surface area (Å²) >= 11 is 0. The maximum Gasteiger partial charge on any atom is 0.437 e. The lowest BCUT2D eigenvalue weighted by molar-refractivity contribution is -0.0605. The predicted molar refractivity (Wildman–Crippen MR) is 138 cm³/mol. The van der Waals surface area contributed by atoms with Gasteiger partial charge in [-0.15, -0.1) is 0 Å². The van der Waals surface area contributed by atoms with E-state index in [0.717, 1.165) is 24.0 Å². The van der Waals surface area contributed by atoms with E-state index in [0.29, 0.717) is 11.3 Å². The Morgan fingerprint density at radius 3 is 2.03 bits per heavy atom. The second kappa shape index (κ2) is 10.5. The lowest BCUT2D eigenvalue weighted by atomic mass is 10.1. The maximum absolute atomic E-state index is 14.2. The number of hydrogen-bond donors (Lipinski definition) is 0. The van der Waals surface area contributed by atoms with Crippen molar-refractivity contribution in [2.75, 3.05) is 6.26 Å². The highest BCUT2D eigenvalue weighted by molar-refractivity contribution is 7.90. The Balaban J connectivity index is 1.86. The minimum atomic E-state index is -5.01. The summed E-state index contributed by atoms with van der Waals surface area (Å²) in [5.74, 6) is -1.60. The van der Waals surface area contributed by atoms with Crippen LogP contribution in [-0.4, -0.2) is 37.1 Å². The maximum atomic E-state index is 14.2. The third-order valence-corrected chi connectivity index (χ3v) is 7.07. The van der Waals surface area contributed by atoms with Crippen molar-refractivity contribution in [3.63, 3.8) is 0 Å². The molecule has 6 nitrogen and oxygen atoms in total. The fourth-order valence-electron chi connectivity index (χ4n) is 3.94. The zero-order valence-electron chi connectivity index (χ0n) is 21.0. The molecule has 0 aliphatic heterocycles. The van der Waals surface area contributed by atoms with Gasteiger partial charge in [0.1, 0.15) is 5.82 Å². The smallest absolute Gasteiger partial charge is 0.313 e. The van der Waals surface area contributed by atoms with Crippen LogP contribution in [0.25, 0.3) is 16.9 Å². The summed E-state index contributed by atoms with van der Waals surface area (Å²) < 4.78 is 81.5. The van der Waals surface area contributed by atoms with Gasteiger partial charge in [0, 0.05) is 23.2 Å². The molecule has 0 saturated heterocycles. The van der Waals surface area contributed by atoms with E-state index in [-0.39, 0.29) is 27.4 Å². The first-order valence-electron chi connectivity index (χ1n) is 11.5. The van der Waals surface area contributed by atoms with Gasteiger partial charge in [0.15, 0.2) is 15.5 Å². The molecule has 0 spiro atoms. The number of oxime groups is 1. The molecule has 3 aromatic carbocycles. The summed E-state index contributed by atoms with van der Waals surface area (Å²) in [7, 11) is -3.51. The molecule has 0 amide bonds. The Morgan fingerprint density at radius 2 is 1.49 bits per heavy atom. The van der Waals surface area contributed by atoms with Crippen LogP contribution in [0, 0.1) is 19.7 Å². The number of hydrogen-bond acceptors (Lipinski definition) is 5. The molecule has 202 valence electrons. The average molecular weight is 559 g/mol. The lowest BCUT2D eigenvalue weighted by Crippen LogP contribution is -2.25. The number of halogens is 4. The Bertz CT molecular complexity index is 1650. The van der Waals surface area contributed by atoms with Crippen LogP contribution in [0.15, 0.2) is 88.9 Å². The fraction of sp³-hybridized carbons (Fsp3) is 0.143. The highest BCUT2D eigenvalue weighted by Gasteiger charge is 2.40. The Hall–Kier alpha value is -4.25. The largest absolute Gasteiger partial charge is 0.437 e. The second-order valence-electron chi connectivity index (χ2n) is 8.82. The summed E-state index contributed by atoms with van der Waals surface area (Å²) in [6, 6.07) is 17.9. The second-order valence-corrected chi connectivity index (χ2v) is 10.8. The van der Waals surface area contributed by atoms with E-state index >= 15 is 0 Å². The van der Waals surface area contributed by atoms with Gasteiger partial charge >= 0.3 is 12.1 Å². The number of alkyl halides is 3. The molecule has 1 heterocycles.